The van der Waals surface area contributed by atoms with E-state index >= 15 is 0 Å². The molecule has 1 aromatic carbocycles. The lowest BCUT2D eigenvalue weighted by Gasteiger charge is -2.21. The van der Waals surface area contributed by atoms with E-state index < -0.39 is 0 Å². The van der Waals surface area contributed by atoms with Crippen LogP contribution < -0.4 is 10.6 Å². The van der Waals surface area contributed by atoms with Gasteiger partial charge in [-0.25, -0.2) is 4.98 Å². The van der Waals surface area contributed by atoms with Gasteiger partial charge in [-0.15, -0.1) is 11.3 Å². The zero-order valence-electron chi connectivity index (χ0n) is 16.4. The van der Waals surface area contributed by atoms with Crippen LogP contribution in [0.4, 0.5) is 16.5 Å². The van der Waals surface area contributed by atoms with Gasteiger partial charge in [0.05, 0.1) is 5.69 Å². The fourth-order valence-electron chi connectivity index (χ4n) is 3.82. The first-order valence-corrected chi connectivity index (χ1v) is 11.2. The Kier molecular flexibility index (Phi) is 6.52. The van der Waals surface area contributed by atoms with Gasteiger partial charge in [0.15, 0.2) is 5.13 Å². The van der Waals surface area contributed by atoms with E-state index in [9.17, 15) is 4.79 Å². The second-order valence-electron chi connectivity index (χ2n) is 7.57. The molecule has 0 bridgehead atoms. The molecule has 1 saturated carbocycles. The maximum absolute atomic E-state index is 12.3. The lowest BCUT2D eigenvalue weighted by atomic mass is 9.86. The highest BCUT2D eigenvalue weighted by molar-refractivity contribution is 7.14. The molecule has 2 heterocycles. The molecular formula is C23H26N4OS. The van der Waals surface area contributed by atoms with Gasteiger partial charge in [-0.2, -0.15) is 0 Å². The molecule has 150 valence electrons. The third-order valence-corrected chi connectivity index (χ3v) is 6.14. The van der Waals surface area contributed by atoms with Crippen LogP contribution >= 0.6 is 11.3 Å². The number of rotatable bonds is 7. The molecule has 0 unspecified atom stereocenters. The molecule has 0 radical (unpaired) electrons. The van der Waals surface area contributed by atoms with Crippen LogP contribution in [0.1, 0.15) is 44.9 Å². The molecule has 0 spiro atoms. The lowest BCUT2D eigenvalue weighted by molar-refractivity contribution is -0.116. The summed E-state index contributed by atoms with van der Waals surface area (Å²) in [5.41, 5.74) is 3.69. The van der Waals surface area contributed by atoms with Crippen LogP contribution in [0.5, 0.6) is 0 Å². The Labute approximate surface area is 175 Å². The van der Waals surface area contributed by atoms with Crippen molar-refractivity contribution in [2.24, 2.45) is 5.92 Å². The molecule has 4 rings (SSSR count). The van der Waals surface area contributed by atoms with Crippen LogP contribution in [0, 0.1) is 5.92 Å². The highest BCUT2D eigenvalue weighted by Crippen LogP contribution is 2.29. The number of carbonyl (C=O) groups is 1. The van der Waals surface area contributed by atoms with E-state index in [4.69, 9.17) is 0 Å². The lowest BCUT2D eigenvalue weighted by Crippen LogP contribution is -2.14. The predicted octanol–water partition coefficient (Wildman–Crippen LogP) is 6.25. The van der Waals surface area contributed by atoms with Crippen LogP contribution in [-0.2, 0) is 4.79 Å². The van der Waals surface area contributed by atoms with Crippen LogP contribution in [0.25, 0.3) is 11.3 Å². The van der Waals surface area contributed by atoms with Crippen molar-refractivity contribution in [3.63, 3.8) is 0 Å². The first-order chi connectivity index (χ1) is 14.3. The molecule has 1 aliphatic rings. The van der Waals surface area contributed by atoms with Gasteiger partial charge in [-0.05, 0) is 42.7 Å². The van der Waals surface area contributed by atoms with Crippen LogP contribution in [0.2, 0.25) is 0 Å². The van der Waals surface area contributed by atoms with Crippen LogP contribution in [-0.4, -0.2) is 15.9 Å². The van der Waals surface area contributed by atoms with Gasteiger partial charge in [-0.1, -0.05) is 38.2 Å². The first kappa shape index (κ1) is 19.6. The fraction of sp³-hybridized carbons (Fsp3) is 0.348. The molecule has 0 aliphatic heterocycles. The summed E-state index contributed by atoms with van der Waals surface area (Å²) in [7, 11) is 0. The zero-order chi connectivity index (χ0) is 19.9. The number of pyridine rings is 1. The molecule has 1 aliphatic carbocycles. The Morgan fingerprint density at radius 1 is 1.07 bits per heavy atom. The molecule has 0 saturated heterocycles. The number of nitrogens with one attached hydrogen (secondary N) is 2. The van der Waals surface area contributed by atoms with E-state index in [1.165, 1.54) is 32.1 Å². The number of anilines is 3. The topological polar surface area (TPSA) is 66.9 Å². The highest BCUT2D eigenvalue weighted by atomic mass is 32.1. The van der Waals surface area contributed by atoms with E-state index in [2.05, 4.69) is 20.6 Å². The quantitative estimate of drug-likeness (QED) is 0.487. The van der Waals surface area contributed by atoms with Crippen molar-refractivity contribution < 1.29 is 4.79 Å². The Hall–Kier alpha value is -2.73. The Bertz CT molecular complexity index is 935. The van der Waals surface area contributed by atoms with Gasteiger partial charge in [0.25, 0.3) is 0 Å². The molecule has 1 amide bonds. The van der Waals surface area contributed by atoms with Crippen molar-refractivity contribution >= 4 is 33.8 Å². The van der Waals surface area contributed by atoms with E-state index in [0.717, 1.165) is 40.1 Å². The molecule has 3 aromatic rings. The number of aromatic nitrogens is 2. The first-order valence-electron chi connectivity index (χ1n) is 10.3. The summed E-state index contributed by atoms with van der Waals surface area (Å²) in [5, 5.41) is 9.21. The minimum absolute atomic E-state index is 0.0990. The van der Waals surface area contributed by atoms with Gasteiger partial charge in [0.1, 0.15) is 0 Å². The standard InChI is InChI=1S/C23H26N4OS/c28-22(10-9-17-5-2-1-3-6-17)25-19-7-4-8-20(15-19)26-23-27-21(16-29-23)18-11-13-24-14-12-18/h4,7-8,11-17H,1-3,5-6,9-10H2,(H,25,28)(H,26,27). The third kappa shape index (κ3) is 5.64. The molecule has 1 fully saturated rings. The summed E-state index contributed by atoms with van der Waals surface area (Å²) < 4.78 is 0. The van der Waals surface area contributed by atoms with E-state index in [1.54, 1.807) is 23.7 Å². The highest BCUT2D eigenvalue weighted by Gasteiger charge is 2.15. The van der Waals surface area contributed by atoms with E-state index in [-0.39, 0.29) is 5.91 Å². The van der Waals surface area contributed by atoms with Gasteiger partial charge < -0.3 is 10.6 Å². The van der Waals surface area contributed by atoms with E-state index in [0.29, 0.717) is 6.42 Å². The average Bonchev–Trinajstić information content (AvgIpc) is 3.22. The van der Waals surface area contributed by atoms with Gasteiger partial charge in [-0.3, -0.25) is 9.78 Å². The zero-order valence-corrected chi connectivity index (χ0v) is 17.3. The van der Waals surface area contributed by atoms with Crippen molar-refractivity contribution in [3.8, 4) is 11.3 Å². The molecule has 6 heteroatoms. The Balaban J connectivity index is 1.32. The largest absolute Gasteiger partial charge is 0.331 e. The monoisotopic (exact) mass is 406 g/mol. The van der Waals surface area contributed by atoms with Crippen molar-refractivity contribution in [2.75, 3.05) is 10.6 Å². The molecule has 5 nitrogen and oxygen atoms in total. The van der Waals surface area contributed by atoms with Gasteiger partial charge in [0.2, 0.25) is 5.91 Å². The summed E-state index contributed by atoms with van der Waals surface area (Å²) in [6.45, 7) is 0. The molecule has 29 heavy (non-hydrogen) atoms. The van der Waals surface area contributed by atoms with Crippen molar-refractivity contribution in [3.05, 3.63) is 54.2 Å². The van der Waals surface area contributed by atoms with Gasteiger partial charge in [0, 0.05) is 41.1 Å². The number of thiazole rings is 1. The molecule has 2 N–H and O–H groups in total. The number of nitrogens with zero attached hydrogens (tertiary/aromatic N) is 2. The number of carbonyl (C=O) groups excluding carboxylic acids is 1. The fourth-order valence-corrected chi connectivity index (χ4v) is 4.56. The average molecular weight is 407 g/mol. The Morgan fingerprint density at radius 2 is 1.86 bits per heavy atom. The predicted molar refractivity (Wildman–Crippen MR) is 120 cm³/mol. The van der Waals surface area contributed by atoms with Crippen molar-refractivity contribution in [1.29, 1.82) is 0 Å². The third-order valence-electron chi connectivity index (χ3n) is 5.38. The van der Waals surface area contributed by atoms with Crippen LogP contribution in [0.3, 0.4) is 0 Å². The minimum atomic E-state index is 0.0990. The van der Waals surface area contributed by atoms with Crippen molar-refractivity contribution in [2.45, 2.75) is 44.9 Å². The number of benzene rings is 1. The summed E-state index contributed by atoms with van der Waals surface area (Å²) in [6, 6.07) is 11.7. The smallest absolute Gasteiger partial charge is 0.224 e. The second kappa shape index (κ2) is 9.65. The summed E-state index contributed by atoms with van der Waals surface area (Å²) >= 11 is 1.55. The molecular weight excluding hydrogens is 380 g/mol. The molecule has 2 aromatic heterocycles. The minimum Gasteiger partial charge on any atom is -0.331 e. The summed E-state index contributed by atoms with van der Waals surface area (Å²) in [4.78, 5) is 21.0. The number of amides is 1. The SMILES string of the molecule is O=C(CCC1CCCCC1)Nc1cccc(Nc2nc(-c3ccncc3)cs2)c1. The van der Waals surface area contributed by atoms with Crippen molar-refractivity contribution in [1.82, 2.24) is 9.97 Å². The maximum Gasteiger partial charge on any atom is 0.224 e. The Morgan fingerprint density at radius 3 is 2.69 bits per heavy atom. The summed E-state index contributed by atoms with van der Waals surface area (Å²) in [6.07, 6.45) is 11.7. The number of hydrogen-bond acceptors (Lipinski definition) is 5. The van der Waals surface area contributed by atoms with Crippen LogP contribution in [0.15, 0.2) is 54.2 Å². The second-order valence-corrected chi connectivity index (χ2v) is 8.43. The van der Waals surface area contributed by atoms with Gasteiger partial charge >= 0.3 is 0 Å². The molecule has 0 atom stereocenters. The summed E-state index contributed by atoms with van der Waals surface area (Å²) in [5.74, 6) is 0.823. The van der Waals surface area contributed by atoms with E-state index in [1.807, 2.05) is 41.8 Å². The normalized spacial score (nSPS) is 14.5. The number of hydrogen-bond donors (Lipinski definition) is 2. The maximum atomic E-state index is 12.3.